The Labute approximate surface area is 149 Å². The van der Waals surface area contributed by atoms with E-state index >= 15 is 0 Å². The molecular weight excluding hydrogens is 378 g/mol. The summed E-state index contributed by atoms with van der Waals surface area (Å²) in [6.07, 6.45) is -4.74. The van der Waals surface area contributed by atoms with Gasteiger partial charge in [0.1, 0.15) is 17.1 Å². The lowest BCUT2D eigenvalue weighted by molar-refractivity contribution is -0.274. The number of nitrogens with one attached hydrogen (secondary N) is 2. The summed E-state index contributed by atoms with van der Waals surface area (Å²) in [7, 11) is 0. The van der Waals surface area contributed by atoms with Gasteiger partial charge in [0.05, 0.1) is 10.2 Å². The van der Waals surface area contributed by atoms with Crippen LogP contribution in [0.4, 0.5) is 28.4 Å². The number of thiol groups is 1. The summed E-state index contributed by atoms with van der Waals surface area (Å²) in [4.78, 5) is 4.27. The van der Waals surface area contributed by atoms with Crippen molar-refractivity contribution in [3.63, 3.8) is 0 Å². The second-order valence-corrected chi connectivity index (χ2v) is 6.44. The zero-order valence-corrected chi connectivity index (χ0v) is 14.1. The highest BCUT2D eigenvalue weighted by Gasteiger charge is 2.31. The summed E-state index contributed by atoms with van der Waals surface area (Å²) in [6, 6.07) is 9.64. The first-order valence-electron chi connectivity index (χ1n) is 6.91. The first-order valence-corrected chi connectivity index (χ1v) is 8.25. The molecule has 10 heteroatoms. The Kier molecular flexibility index (Phi) is 4.91. The molecule has 0 aliphatic heterocycles. The van der Waals surface area contributed by atoms with Gasteiger partial charge in [-0.3, -0.25) is 0 Å². The quantitative estimate of drug-likeness (QED) is 0.324. The number of benzene rings is 2. The van der Waals surface area contributed by atoms with Gasteiger partial charge >= 0.3 is 6.36 Å². The van der Waals surface area contributed by atoms with Gasteiger partial charge in [0, 0.05) is 11.8 Å². The number of nitrogens with zero attached hydrogens (tertiary/aromatic N) is 1. The van der Waals surface area contributed by atoms with E-state index in [1.54, 1.807) is 12.1 Å². The zero-order chi connectivity index (χ0) is 18.0. The Balaban J connectivity index is 1.69. The molecule has 1 heterocycles. The Morgan fingerprint density at radius 1 is 1.08 bits per heavy atom. The molecule has 0 fully saturated rings. The number of anilines is 2. The summed E-state index contributed by atoms with van der Waals surface area (Å²) in [5.41, 5.74) is 0.650. The van der Waals surface area contributed by atoms with Gasteiger partial charge in [-0.2, -0.15) is 0 Å². The summed E-state index contributed by atoms with van der Waals surface area (Å²) >= 11 is 5.47. The molecule has 0 saturated heterocycles. The van der Waals surface area contributed by atoms with Gasteiger partial charge in [-0.1, -0.05) is 11.3 Å². The van der Waals surface area contributed by atoms with Crippen molar-refractivity contribution < 1.29 is 22.3 Å². The highest BCUT2D eigenvalue weighted by molar-refractivity contribution is 7.81. The second-order valence-electron chi connectivity index (χ2n) is 4.89. The van der Waals surface area contributed by atoms with Gasteiger partial charge in [-0.25, -0.2) is 9.37 Å². The topological polar surface area (TPSA) is 46.2 Å². The van der Waals surface area contributed by atoms with Crippen LogP contribution in [0.25, 0.3) is 10.2 Å². The fraction of sp³-hybridized carbons (Fsp3) is 0.133. The molecule has 0 saturated carbocycles. The lowest BCUT2D eigenvalue weighted by Crippen LogP contribution is -2.22. The number of rotatable bonds is 5. The van der Waals surface area contributed by atoms with Gasteiger partial charge in [0.2, 0.25) is 0 Å². The maximum absolute atomic E-state index is 12.9. The van der Waals surface area contributed by atoms with Gasteiger partial charge in [0.25, 0.3) is 0 Å². The summed E-state index contributed by atoms with van der Waals surface area (Å²) in [5, 5.41) is 6.42. The van der Waals surface area contributed by atoms with E-state index in [1.165, 1.54) is 30.3 Å². The highest BCUT2D eigenvalue weighted by Crippen LogP contribution is 2.32. The third kappa shape index (κ3) is 4.89. The monoisotopic (exact) mass is 389 g/mol. The van der Waals surface area contributed by atoms with E-state index in [0.29, 0.717) is 21.0 Å². The molecule has 0 bridgehead atoms. The van der Waals surface area contributed by atoms with Crippen molar-refractivity contribution in [1.82, 2.24) is 4.98 Å². The minimum absolute atomic E-state index is 0.304. The lowest BCUT2D eigenvalue weighted by atomic mass is 10.3. The zero-order valence-electron chi connectivity index (χ0n) is 12.3. The molecule has 25 heavy (non-hydrogen) atoms. The summed E-state index contributed by atoms with van der Waals surface area (Å²) in [5.74, 6) is -0.653. The first-order chi connectivity index (χ1) is 11.8. The highest BCUT2D eigenvalue weighted by atomic mass is 32.1. The van der Waals surface area contributed by atoms with Crippen LogP contribution in [0, 0.1) is 5.82 Å². The molecule has 3 aromatic rings. The first kappa shape index (κ1) is 17.6. The van der Waals surface area contributed by atoms with Gasteiger partial charge in [-0.05, 0) is 36.4 Å². The van der Waals surface area contributed by atoms with E-state index in [0.717, 1.165) is 11.3 Å². The lowest BCUT2D eigenvalue weighted by Gasteiger charge is -2.15. The van der Waals surface area contributed by atoms with Crippen LogP contribution in [0.5, 0.6) is 5.75 Å². The molecule has 0 aliphatic rings. The number of hydrogen-bond donors (Lipinski definition) is 3. The normalized spacial score (nSPS) is 12.8. The molecule has 2 N–H and O–H groups in total. The second kappa shape index (κ2) is 6.96. The molecule has 2 aromatic carbocycles. The number of halogens is 4. The largest absolute Gasteiger partial charge is 0.573 e. The van der Waals surface area contributed by atoms with E-state index in [9.17, 15) is 17.6 Å². The van der Waals surface area contributed by atoms with Crippen LogP contribution in [0.2, 0.25) is 0 Å². The van der Waals surface area contributed by atoms with Crippen molar-refractivity contribution >= 4 is 45.0 Å². The van der Waals surface area contributed by atoms with Crippen LogP contribution in [0.1, 0.15) is 0 Å². The van der Waals surface area contributed by atoms with E-state index in [1.807, 2.05) is 0 Å². The fourth-order valence-electron chi connectivity index (χ4n) is 2.02. The minimum Gasteiger partial charge on any atom is -0.406 e. The number of alkyl halides is 3. The van der Waals surface area contributed by atoms with Crippen molar-refractivity contribution in [2.24, 2.45) is 0 Å². The fourth-order valence-corrected chi connectivity index (χ4v) is 3.30. The Hall–Kier alpha value is -2.20. The Morgan fingerprint density at radius 2 is 1.80 bits per heavy atom. The van der Waals surface area contributed by atoms with Crippen LogP contribution in [-0.4, -0.2) is 16.8 Å². The third-order valence-corrected chi connectivity index (χ3v) is 4.21. The number of ether oxygens (including phenoxy) is 1. The van der Waals surface area contributed by atoms with Crippen molar-refractivity contribution in [3.8, 4) is 5.75 Å². The van der Waals surface area contributed by atoms with Crippen molar-refractivity contribution in [3.05, 3.63) is 48.3 Å². The summed E-state index contributed by atoms with van der Waals surface area (Å²) in [6.45, 7) is 0. The van der Waals surface area contributed by atoms with Crippen molar-refractivity contribution in [2.45, 2.75) is 11.9 Å². The minimum atomic E-state index is -4.74. The Morgan fingerprint density at radius 3 is 2.48 bits per heavy atom. The number of fused-ring (bicyclic) bond motifs is 1. The maximum atomic E-state index is 12.9. The molecular formula is C15H11F4N3OS2. The maximum Gasteiger partial charge on any atom is 0.573 e. The number of hydrogen-bond acceptors (Lipinski definition) is 6. The van der Waals surface area contributed by atoms with Crippen molar-refractivity contribution in [2.75, 3.05) is 10.6 Å². The average molecular weight is 389 g/mol. The molecule has 132 valence electrons. The van der Waals surface area contributed by atoms with Crippen LogP contribution in [0.3, 0.4) is 0 Å². The van der Waals surface area contributed by atoms with Gasteiger partial charge in [-0.15, -0.1) is 25.8 Å². The van der Waals surface area contributed by atoms with Gasteiger partial charge < -0.3 is 15.4 Å². The molecule has 4 nitrogen and oxygen atoms in total. The summed E-state index contributed by atoms with van der Waals surface area (Å²) < 4.78 is 54.1. The SMILES string of the molecule is Fc1ccc(NC(S)Nc2nc3ccc(OC(F)(F)F)cc3s2)cc1. The van der Waals surface area contributed by atoms with Crippen LogP contribution < -0.4 is 15.4 Å². The predicted octanol–water partition coefficient (Wildman–Crippen LogP) is 5.07. The van der Waals surface area contributed by atoms with E-state index in [4.69, 9.17) is 0 Å². The number of thiazole rings is 1. The number of aromatic nitrogens is 1. The standard InChI is InChI=1S/C15H11F4N3OS2/c16-8-1-3-9(4-2-8)20-13(24)22-14-21-11-6-5-10(7-12(11)25-14)23-15(17,18)19/h1-7,13,20,24H,(H,21,22). The van der Waals surface area contributed by atoms with Crippen LogP contribution in [-0.2, 0) is 0 Å². The van der Waals surface area contributed by atoms with E-state index in [-0.39, 0.29) is 11.6 Å². The molecule has 1 unspecified atom stereocenters. The third-order valence-electron chi connectivity index (χ3n) is 3.00. The van der Waals surface area contributed by atoms with Crippen LogP contribution >= 0.6 is 24.0 Å². The van der Waals surface area contributed by atoms with E-state index < -0.39 is 11.9 Å². The van der Waals surface area contributed by atoms with Crippen molar-refractivity contribution in [1.29, 1.82) is 0 Å². The molecule has 0 spiro atoms. The van der Waals surface area contributed by atoms with E-state index in [2.05, 4.69) is 33.0 Å². The smallest absolute Gasteiger partial charge is 0.406 e. The van der Waals surface area contributed by atoms with Gasteiger partial charge in [0.15, 0.2) is 5.13 Å². The molecule has 3 rings (SSSR count). The molecule has 1 atom stereocenters. The molecule has 0 amide bonds. The van der Waals surface area contributed by atoms with Crippen LogP contribution in [0.15, 0.2) is 42.5 Å². The predicted molar refractivity (Wildman–Crippen MR) is 92.7 cm³/mol. The molecule has 0 aliphatic carbocycles. The average Bonchev–Trinajstić information content (AvgIpc) is 2.89. The molecule has 1 aromatic heterocycles. The Bertz CT molecular complexity index is 867. The molecule has 0 radical (unpaired) electrons.